The molecule has 4 heterocycles. The molecule has 9 heteroatoms. The average molecular weight is 463 g/mol. The number of halogens is 1. The maximum atomic E-state index is 13.0. The Balaban J connectivity index is 1.05. The third-order valence-corrected chi connectivity index (χ3v) is 6.99. The number of fused-ring (bicyclic) bond motifs is 1. The molecule has 34 heavy (non-hydrogen) atoms. The van der Waals surface area contributed by atoms with Crippen molar-refractivity contribution in [2.45, 2.75) is 37.9 Å². The lowest BCUT2D eigenvalue weighted by molar-refractivity contribution is -0.117. The fourth-order valence-corrected chi connectivity index (χ4v) is 4.65. The second-order valence-corrected chi connectivity index (χ2v) is 9.62. The molecule has 1 amide bonds. The van der Waals surface area contributed by atoms with Gasteiger partial charge in [0.1, 0.15) is 12.0 Å². The van der Waals surface area contributed by atoms with Crippen molar-refractivity contribution in [3.8, 4) is 0 Å². The molecule has 0 spiro atoms. The Morgan fingerprint density at radius 3 is 2.59 bits per heavy atom. The van der Waals surface area contributed by atoms with Crippen molar-refractivity contribution in [2.24, 2.45) is 5.92 Å². The monoisotopic (exact) mass is 462 g/mol. The van der Waals surface area contributed by atoms with Gasteiger partial charge in [-0.05, 0) is 55.0 Å². The number of nitrogens with one attached hydrogen (secondary N) is 2. The van der Waals surface area contributed by atoms with Crippen LogP contribution in [0.1, 0.15) is 36.3 Å². The molecule has 8 nitrogen and oxygen atoms in total. The summed E-state index contributed by atoms with van der Waals surface area (Å²) in [6.45, 7) is 4.30. The standard InChI is InChI=1S/C25H27FN6O2/c26-20-10-19(20)25(34)30-23-4-3-17(13-28-23)32-7-5-31(6-8-32)14-15-9-22-21(27-12-15)11-18(16-1-2-16)24(33)29-22/h3-4,9,11-13,16,19-20H,1-2,5-8,10,14H2,(H,29,33)(H,28,30,34)/t19-,20+/m1/s1. The molecule has 2 aliphatic carbocycles. The minimum atomic E-state index is -1.01. The van der Waals surface area contributed by atoms with Gasteiger partial charge in [-0.15, -0.1) is 0 Å². The van der Waals surface area contributed by atoms with Crippen molar-refractivity contribution >= 4 is 28.4 Å². The Morgan fingerprint density at radius 1 is 1.12 bits per heavy atom. The van der Waals surface area contributed by atoms with Crippen molar-refractivity contribution in [3.63, 3.8) is 0 Å². The summed E-state index contributed by atoms with van der Waals surface area (Å²) < 4.78 is 13.0. The number of anilines is 2. The van der Waals surface area contributed by atoms with Gasteiger partial charge < -0.3 is 15.2 Å². The number of aromatic nitrogens is 3. The molecule has 176 valence electrons. The number of hydrogen-bond acceptors (Lipinski definition) is 6. The van der Waals surface area contributed by atoms with Crippen LogP contribution in [0.2, 0.25) is 0 Å². The number of H-pyrrole nitrogens is 1. The van der Waals surface area contributed by atoms with Crippen molar-refractivity contribution in [1.29, 1.82) is 0 Å². The fraction of sp³-hybridized carbons (Fsp3) is 0.440. The predicted octanol–water partition coefficient (Wildman–Crippen LogP) is 2.81. The predicted molar refractivity (Wildman–Crippen MR) is 128 cm³/mol. The Bertz CT molecular complexity index is 1280. The molecule has 2 N–H and O–H groups in total. The maximum absolute atomic E-state index is 13.0. The quantitative estimate of drug-likeness (QED) is 0.585. The van der Waals surface area contributed by atoms with Gasteiger partial charge in [0.05, 0.1) is 28.8 Å². The highest BCUT2D eigenvalue weighted by atomic mass is 19.1. The number of rotatable bonds is 6. The van der Waals surface area contributed by atoms with Crippen LogP contribution in [0.25, 0.3) is 11.0 Å². The zero-order valence-electron chi connectivity index (χ0n) is 18.8. The zero-order valence-corrected chi connectivity index (χ0v) is 18.8. The van der Waals surface area contributed by atoms with Gasteiger partial charge >= 0.3 is 0 Å². The molecule has 2 atom stereocenters. The van der Waals surface area contributed by atoms with Crippen LogP contribution >= 0.6 is 0 Å². The highest BCUT2D eigenvalue weighted by molar-refractivity contribution is 5.94. The first-order chi connectivity index (χ1) is 16.5. The van der Waals surface area contributed by atoms with E-state index in [0.717, 1.165) is 73.4 Å². The molecule has 0 aromatic carbocycles. The Hall–Kier alpha value is -3.33. The fourth-order valence-electron chi connectivity index (χ4n) is 4.65. The van der Waals surface area contributed by atoms with Gasteiger partial charge in [-0.25, -0.2) is 9.37 Å². The van der Waals surface area contributed by atoms with E-state index in [-0.39, 0.29) is 11.5 Å². The Morgan fingerprint density at radius 2 is 1.91 bits per heavy atom. The minimum absolute atomic E-state index is 0.0147. The van der Waals surface area contributed by atoms with Gasteiger partial charge in [-0.1, -0.05) is 0 Å². The molecule has 6 rings (SSSR count). The summed E-state index contributed by atoms with van der Waals surface area (Å²) >= 11 is 0. The summed E-state index contributed by atoms with van der Waals surface area (Å²) in [5, 5.41) is 2.68. The number of pyridine rings is 3. The number of hydrogen-bond donors (Lipinski definition) is 2. The number of amides is 1. The highest BCUT2D eigenvalue weighted by Crippen LogP contribution is 2.38. The van der Waals surface area contributed by atoms with E-state index >= 15 is 0 Å². The topological polar surface area (TPSA) is 94.2 Å². The number of aromatic amines is 1. The van der Waals surface area contributed by atoms with Crippen molar-refractivity contribution in [3.05, 3.63) is 58.1 Å². The first-order valence-electron chi connectivity index (χ1n) is 11.9. The maximum Gasteiger partial charge on any atom is 0.252 e. The summed E-state index contributed by atoms with van der Waals surface area (Å²) in [7, 11) is 0. The summed E-state index contributed by atoms with van der Waals surface area (Å²) in [5.41, 5.74) is 4.62. The SMILES string of the molecule is O=C(Nc1ccc(N2CCN(Cc3cnc4cc(C5CC5)c(=O)[nH]c4c3)CC2)cn1)[C@@H]1C[C@@H]1F. The van der Waals surface area contributed by atoms with E-state index in [1.54, 1.807) is 12.3 Å². The third-order valence-electron chi connectivity index (χ3n) is 6.99. The van der Waals surface area contributed by atoms with Gasteiger partial charge in [-0.2, -0.15) is 0 Å². The van der Waals surface area contributed by atoms with Crippen molar-refractivity contribution < 1.29 is 9.18 Å². The molecule has 2 saturated carbocycles. The lowest BCUT2D eigenvalue weighted by Gasteiger charge is -2.36. The number of nitrogens with zero attached hydrogens (tertiary/aromatic N) is 4. The van der Waals surface area contributed by atoms with Gasteiger partial charge in [0.25, 0.3) is 5.56 Å². The zero-order chi connectivity index (χ0) is 23.2. The summed E-state index contributed by atoms with van der Waals surface area (Å²) in [5.74, 6) is 0.0466. The minimum Gasteiger partial charge on any atom is -0.368 e. The number of carbonyl (C=O) groups is 1. The van der Waals surface area contributed by atoms with Crippen LogP contribution in [0.3, 0.4) is 0 Å². The Labute approximate surface area is 196 Å². The van der Waals surface area contributed by atoms with E-state index < -0.39 is 12.1 Å². The van der Waals surface area contributed by atoms with Crippen molar-refractivity contribution in [2.75, 3.05) is 36.4 Å². The highest BCUT2D eigenvalue weighted by Gasteiger charge is 2.43. The second-order valence-electron chi connectivity index (χ2n) is 9.62. The van der Waals surface area contributed by atoms with Crippen LogP contribution in [-0.4, -0.2) is 58.1 Å². The molecule has 0 bridgehead atoms. The van der Waals surface area contributed by atoms with E-state index in [1.165, 1.54) is 0 Å². The first-order valence-corrected chi connectivity index (χ1v) is 11.9. The molecule has 0 radical (unpaired) electrons. The normalized spacial score (nSPS) is 22.7. The first kappa shape index (κ1) is 21.2. The molecule has 3 aliphatic rings. The van der Waals surface area contributed by atoms with E-state index in [0.29, 0.717) is 18.2 Å². The summed E-state index contributed by atoms with van der Waals surface area (Å²) in [6.07, 6.45) is 5.15. The van der Waals surface area contributed by atoms with E-state index in [9.17, 15) is 14.0 Å². The molecule has 1 aliphatic heterocycles. The van der Waals surface area contributed by atoms with Crippen LogP contribution < -0.4 is 15.8 Å². The molecule has 3 aromatic heterocycles. The molecular weight excluding hydrogens is 435 g/mol. The Kier molecular flexibility index (Phi) is 5.28. The number of piperazine rings is 1. The van der Waals surface area contributed by atoms with Gasteiger partial charge in [0, 0.05) is 44.5 Å². The lowest BCUT2D eigenvalue weighted by atomic mass is 10.1. The molecule has 3 aromatic rings. The van der Waals surface area contributed by atoms with Gasteiger partial charge in [-0.3, -0.25) is 19.5 Å². The average Bonchev–Trinajstić information content (AvgIpc) is 3.77. The summed E-state index contributed by atoms with van der Waals surface area (Å²) in [4.78, 5) is 40.8. The molecule has 1 saturated heterocycles. The van der Waals surface area contributed by atoms with Crippen LogP contribution in [0, 0.1) is 5.92 Å². The molecular formula is C25H27FN6O2. The van der Waals surface area contributed by atoms with Crippen LogP contribution in [0.4, 0.5) is 15.9 Å². The smallest absolute Gasteiger partial charge is 0.252 e. The van der Waals surface area contributed by atoms with Crippen LogP contribution in [0.5, 0.6) is 0 Å². The van der Waals surface area contributed by atoms with E-state index in [4.69, 9.17) is 0 Å². The van der Waals surface area contributed by atoms with Gasteiger partial charge in [0.2, 0.25) is 5.91 Å². The van der Waals surface area contributed by atoms with Gasteiger partial charge in [0.15, 0.2) is 0 Å². The number of carbonyl (C=O) groups excluding carboxylic acids is 1. The van der Waals surface area contributed by atoms with Crippen LogP contribution in [0.15, 0.2) is 41.5 Å². The summed E-state index contributed by atoms with van der Waals surface area (Å²) in [6, 6.07) is 7.70. The lowest BCUT2D eigenvalue weighted by Crippen LogP contribution is -2.46. The van der Waals surface area contributed by atoms with E-state index in [1.807, 2.05) is 24.4 Å². The second kappa shape index (κ2) is 8.47. The van der Waals surface area contributed by atoms with Crippen molar-refractivity contribution in [1.82, 2.24) is 19.9 Å². The van der Waals surface area contributed by atoms with E-state index in [2.05, 4.69) is 30.1 Å². The molecule has 3 fully saturated rings. The number of alkyl halides is 1. The molecule has 0 unspecified atom stereocenters. The third kappa shape index (κ3) is 4.40. The largest absolute Gasteiger partial charge is 0.368 e. The van der Waals surface area contributed by atoms with Crippen LogP contribution in [-0.2, 0) is 11.3 Å².